The maximum atomic E-state index is 5.31. The Labute approximate surface area is 101 Å². The standard InChI is InChI=1S/C11H21NOS2/c1-2-3-4-10-14-15-11-7-12-5-8-13-9-6-12/h3-4H,2,5-11H2,1H3. The highest BCUT2D eigenvalue weighted by Crippen LogP contribution is 2.21. The topological polar surface area (TPSA) is 12.5 Å². The molecule has 15 heavy (non-hydrogen) atoms. The van der Waals surface area contributed by atoms with Crippen molar-refractivity contribution >= 4 is 21.6 Å². The first-order valence-corrected chi connectivity index (χ1v) is 8.12. The van der Waals surface area contributed by atoms with Crippen LogP contribution in [0.15, 0.2) is 12.2 Å². The average molecular weight is 247 g/mol. The Morgan fingerprint density at radius 1 is 1.20 bits per heavy atom. The van der Waals surface area contributed by atoms with E-state index in [1.807, 2.05) is 21.6 Å². The predicted octanol–water partition coefficient (Wildman–Crippen LogP) is 2.67. The summed E-state index contributed by atoms with van der Waals surface area (Å²) in [5.74, 6) is 2.37. The monoisotopic (exact) mass is 247 g/mol. The van der Waals surface area contributed by atoms with E-state index < -0.39 is 0 Å². The second-order valence-electron chi connectivity index (χ2n) is 3.44. The molecule has 0 aromatic heterocycles. The van der Waals surface area contributed by atoms with Crippen LogP contribution in [0.1, 0.15) is 13.3 Å². The molecule has 1 rings (SSSR count). The van der Waals surface area contributed by atoms with Crippen LogP contribution in [-0.4, -0.2) is 49.3 Å². The molecular weight excluding hydrogens is 226 g/mol. The maximum Gasteiger partial charge on any atom is 0.0594 e. The van der Waals surface area contributed by atoms with Gasteiger partial charge in [-0.1, -0.05) is 40.7 Å². The molecule has 1 aliphatic rings. The summed E-state index contributed by atoms with van der Waals surface area (Å²) < 4.78 is 5.31. The lowest BCUT2D eigenvalue weighted by molar-refractivity contribution is 0.0410. The van der Waals surface area contributed by atoms with Gasteiger partial charge in [-0.3, -0.25) is 4.90 Å². The highest BCUT2D eigenvalue weighted by molar-refractivity contribution is 8.76. The van der Waals surface area contributed by atoms with Crippen LogP contribution in [0.3, 0.4) is 0 Å². The van der Waals surface area contributed by atoms with Gasteiger partial charge in [-0.25, -0.2) is 0 Å². The molecule has 0 amide bonds. The largest absolute Gasteiger partial charge is 0.379 e. The highest BCUT2D eigenvalue weighted by Gasteiger charge is 2.08. The number of hydrogen-bond donors (Lipinski definition) is 0. The molecule has 1 saturated heterocycles. The van der Waals surface area contributed by atoms with E-state index in [2.05, 4.69) is 24.0 Å². The van der Waals surface area contributed by atoms with E-state index in [-0.39, 0.29) is 0 Å². The van der Waals surface area contributed by atoms with Crippen molar-refractivity contribution in [1.29, 1.82) is 0 Å². The van der Waals surface area contributed by atoms with Gasteiger partial charge in [0.2, 0.25) is 0 Å². The Morgan fingerprint density at radius 3 is 2.73 bits per heavy atom. The summed E-state index contributed by atoms with van der Waals surface area (Å²) in [6.07, 6.45) is 5.64. The average Bonchev–Trinajstić information content (AvgIpc) is 2.29. The highest BCUT2D eigenvalue weighted by atomic mass is 33.1. The zero-order valence-electron chi connectivity index (χ0n) is 9.48. The molecule has 0 aliphatic carbocycles. The maximum absolute atomic E-state index is 5.31. The first-order chi connectivity index (χ1) is 7.43. The Bertz CT molecular complexity index is 170. The van der Waals surface area contributed by atoms with Crippen LogP contribution in [0, 0.1) is 0 Å². The molecule has 0 bridgehead atoms. The van der Waals surface area contributed by atoms with Crippen molar-refractivity contribution in [2.75, 3.05) is 44.4 Å². The van der Waals surface area contributed by atoms with Gasteiger partial charge < -0.3 is 4.74 Å². The summed E-state index contributed by atoms with van der Waals surface area (Å²) in [5.41, 5.74) is 0. The van der Waals surface area contributed by atoms with Gasteiger partial charge in [0.25, 0.3) is 0 Å². The van der Waals surface area contributed by atoms with Gasteiger partial charge in [0.05, 0.1) is 13.2 Å². The van der Waals surface area contributed by atoms with E-state index in [1.54, 1.807) is 0 Å². The van der Waals surface area contributed by atoms with Crippen LogP contribution in [0.25, 0.3) is 0 Å². The summed E-state index contributed by atoms with van der Waals surface area (Å²) in [7, 11) is 3.93. The van der Waals surface area contributed by atoms with E-state index in [9.17, 15) is 0 Å². The van der Waals surface area contributed by atoms with Crippen LogP contribution in [0.5, 0.6) is 0 Å². The molecule has 0 saturated carbocycles. The van der Waals surface area contributed by atoms with Crippen molar-refractivity contribution in [1.82, 2.24) is 4.90 Å². The molecule has 0 unspecified atom stereocenters. The van der Waals surface area contributed by atoms with Crippen molar-refractivity contribution in [2.45, 2.75) is 13.3 Å². The summed E-state index contributed by atoms with van der Waals surface area (Å²) in [5, 5.41) is 0. The lowest BCUT2D eigenvalue weighted by atomic mass is 10.4. The fourth-order valence-electron chi connectivity index (χ4n) is 1.37. The van der Waals surface area contributed by atoms with E-state index in [4.69, 9.17) is 4.74 Å². The zero-order valence-corrected chi connectivity index (χ0v) is 11.1. The second kappa shape index (κ2) is 9.58. The lowest BCUT2D eigenvalue weighted by Crippen LogP contribution is -2.37. The minimum Gasteiger partial charge on any atom is -0.379 e. The van der Waals surface area contributed by atoms with Gasteiger partial charge >= 0.3 is 0 Å². The normalized spacial score (nSPS) is 18.7. The summed E-state index contributed by atoms with van der Waals surface area (Å²) >= 11 is 0. The fourth-order valence-corrected chi connectivity index (χ4v) is 3.24. The van der Waals surface area contributed by atoms with Crippen LogP contribution < -0.4 is 0 Å². The van der Waals surface area contributed by atoms with E-state index >= 15 is 0 Å². The van der Waals surface area contributed by atoms with Crippen molar-refractivity contribution in [3.8, 4) is 0 Å². The van der Waals surface area contributed by atoms with Crippen LogP contribution in [0.4, 0.5) is 0 Å². The quantitative estimate of drug-likeness (QED) is 0.389. The molecule has 0 spiro atoms. The Kier molecular flexibility index (Phi) is 8.57. The molecule has 88 valence electrons. The number of nitrogens with zero attached hydrogens (tertiary/aromatic N) is 1. The number of ether oxygens (including phenoxy) is 1. The van der Waals surface area contributed by atoms with Crippen molar-refractivity contribution in [3.05, 3.63) is 12.2 Å². The van der Waals surface area contributed by atoms with Gasteiger partial charge in [-0.2, -0.15) is 0 Å². The van der Waals surface area contributed by atoms with Gasteiger partial charge in [0.1, 0.15) is 0 Å². The molecule has 2 nitrogen and oxygen atoms in total. The van der Waals surface area contributed by atoms with Crippen LogP contribution in [0.2, 0.25) is 0 Å². The number of rotatable bonds is 7. The molecule has 1 aliphatic heterocycles. The molecule has 0 aromatic carbocycles. The molecule has 0 radical (unpaired) electrons. The minimum atomic E-state index is 0.914. The van der Waals surface area contributed by atoms with Gasteiger partial charge in [0, 0.05) is 31.1 Å². The zero-order chi connectivity index (χ0) is 10.8. The fraction of sp³-hybridized carbons (Fsp3) is 0.818. The van der Waals surface area contributed by atoms with Crippen molar-refractivity contribution in [3.63, 3.8) is 0 Å². The Hall–Kier alpha value is 0.360. The van der Waals surface area contributed by atoms with E-state index in [0.717, 1.165) is 38.5 Å². The number of morpholine rings is 1. The van der Waals surface area contributed by atoms with Gasteiger partial charge in [-0.05, 0) is 6.42 Å². The Morgan fingerprint density at radius 2 is 2.00 bits per heavy atom. The van der Waals surface area contributed by atoms with E-state index in [0.29, 0.717) is 0 Å². The molecule has 0 N–H and O–H groups in total. The first kappa shape index (κ1) is 13.4. The van der Waals surface area contributed by atoms with Crippen LogP contribution >= 0.6 is 21.6 Å². The third-order valence-corrected chi connectivity index (χ3v) is 4.50. The number of hydrogen-bond acceptors (Lipinski definition) is 4. The first-order valence-electron chi connectivity index (χ1n) is 5.63. The summed E-state index contributed by atoms with van der Waals surface area (Å²) in [4.78, 5) is 2.49. The van der Waals surface area contributed by atoms with Crippen molar-refractivity contribution < 1.29 is 4.74 Å². The predicted molar refractivity (Wildman–Crippen MR) is 71.6 cm³/mol. The molecule has 1 fully saturated rings. The summed E-state index contributed by atoms with van der Waals surface area (Å²) in [6, 6.07) is 0. The van der Waals surface area contributed by atoms with Crippen molar-refractivity contribution in [2.24, 2.45) is 0 Å². The van der Waals surface area contributed by atoms with Gasteiger partial charge in [-0.15, -0.1) is 0 Å². The Balaban J connectivity index is 1.85. The minimum absolute atomic E-state index is 0.914. The smallest absolute Gasteiger partial charge is 0.0594 e. The third-order valence-electron chi connectivity index (χ3n) is 2.24. The molecule has 0 atom stereocenters. The molecule has 4 heteroatoms. The van der Waals surface area contributed by atoms with Gasteiger partial charge in [0.15, 0.2) is 0 Å². The summed E-state index contributed by atoms with van der Waals surface area (Å²) in [6.45, 7) is 7.43. The molecule has 1 heterocycles. The molecule has 0 aromatic rings. The number of allylic oxidation sites excluding steroid dienone is 1. The SMILES string of the molecule is CCC=CCSSCCN1CCOCC1. The second-order valence-corrected chi connectivity index (χ2v) is 6.07. The van der Waals surface area contributed by atoms with Crippen LogP contribution in [-0.2, 0) is 4.74 Å². The lowest BCUT2D eigenvalue weighted by Gasteiger charge is -2.26. The molecular formula is C11H21NOS2. The van der Waals surface area contributed by atoms with E-state index in [1.165, 1.54) is 12.3 Å². The third kappa shape index (κ3) is 7.28.